The molecule has 0 bridgehead atoms. The Kier molecular flexibility index (Phi) is 5.01. The van der Waals surface area contributed by atoms with E-state index in [1.165, 1.54) is 19.9 Å². The van der Waals surface area contributed by atoms with Gasteiger partial charge in [0, 0.05) is 12.1 Å². The van der Waals surface area contributed by atoms with Gasteiger partial charge in [-0.1, -0.05) is 10.3 Å². The Morgan fingerprint density at radius 1 is 1.13 bits per heavy atom. The molecule has 0 aromatic carbocycles. The van der Waals surface area contributed by atoms with E-state index in [-0.39, 0.29) is 11.6 Å². The minimum absolute atomic E-state index is 0.194. The molecule has 0 aliphatic rings. The third-order valence-electron chi connectivity index (χ3n) is 3.10. The number of aliphatic carboxylic acids is 1. The van der Waals surface area contributed by atoms with Gasteiger partial charge in [-0.2, -0.15) is 5.26 Å². The van der Waals surface area contributed by atoms with Crippen LogP contribution in [0.15, 0.2) is 21.2 Å². The van der Waals surface area contributed by atoms with Gasteiger partial charge in [0.05, 0.1) is 6.07 Å². The van der Waals surface area contributed by atoms with Crippen LogP contribution in [0.4, 0.5) is 11.6 Å². The predicted molar refractivity (Wildman–Crippen MR) is 81.1 cm³/mol. The number of hydrogen-bond donors (Lipinski definition) is 3. The van der Waals surface area contributed by atoms with E-state index >= 15 is 0 Å². The molecule has 0 aliphatic carbocycles. The van der Waals surface area contributed by atoms with E-state index in [1.54, 1.807) is 19.9 Å². The van der Waals surface area contributed by atoms with Gasteiger partial charge in [-0.05, 0) is 27.7 Å². The summed E-state index contributed by atoms with van der Waals surface area (Å²) in [6.07, 6.45) is 0. The molecule has 2 aromatic rings. The minimum atomic E-state index is -1.08. The number of carbonyl (C=O) groups is 1. The summed E-state index contributed by atoms with van der Waals surface area (Å²) in [5.41, 5.74) is 8.87. The van der Waals surface area contributed by atoms with E-state index < -0.39 is 16.8 Å². The van der Waals surface area contributed by atoms with Crippen molar-refractivity contribution in [2.45, 2.75) is 38.5 Å². The second-order valence-corrected chi connectivity index (χ2v) is 5.90. The lowest BCUT2D eigenvalue weighted by Gasteiger charge is -2.13. The lowest BCUT2D eigenvalue weighted by Crippen LogP contribution is -2.27. The van der Waals surface area contributed by atoms with Crippen molar-refractivity contribution in [1.29, 1.82) is 5.26 Å². The summed E-state index contributed by atoms with van der Waals surface area (Å²) in [5, 5.41) is 24.3. The Bertz CT molecular complexity index is 724. The van der Waals surface area contributed by atoms with Crippen molar-refractivity contribution in [3.63, 3.8) is 0 Å². The number of nitrogens with two attached hydrogens (primary N) is 2. The van der Waals surface area contributed by atoms with Gasteiger partial charge in [-0.15, -0.1) is 0 Å². The Hall–Kier alpha value is -3.02. The summed E-state index contributed by atoms with van der Waals surface area (Å²) in [5.74, 6) is 0.284. The highest BCUT2D eigenvalue weighted by atomic mass is 16.5. The molecule has 2 heterocycles. The van der Waals surface area contributed by atoms with E-state index in [0.29, 0.717) is 11.6 Å². The van der Waals surface area contributed by atoms with Crippen molar-refractivity contribution < 1.29 is 18.9 Å². The van der Waals surface area contributed by atoms with Crippen molar-refractivity contribution in [2.24, 2.45) is 0 Å². The zero-order valence-corrected chi connectivity index (χ0v) is 13.3. The van der Waals surface area contributed by atoms with Crippen molar-refractivity contribution in [3.05, 3.63) is 23.7 Å². The second kappa shape index (κ2) is 6.39. The molecule has 0 amide bonds. The molecule has 0 saturated carbocycles. The average molecular weight is 321 g/mol. The fraction of sp³-hybridized carbons (Fsp3) is 0.429. The zero-order valence-electron chi connectivity index (χ0n) is 13.3. The van der Waals surface area contributed by atoms with Gasteiger partial charge in [-0.3, -0.25) is 4.79 Å². The maximum absolute atomic E-state index is 10.7. The predicted octanol–water partition coefficient (Wildman–Crippen LogP) is 1.68. The summed E-state index contributed by atoms with van der Waals surface area (Å²) >= 11 is 0. The molecule has 9 nitrogen and oxygen atoms in total. The molecule has 2 rings (SSSR count). The van der Waals surface area contributed by atoms with E-state index in [4.69, 9.17) is 30.9 Å². The Balaban J connectivity index is 0.000000231. The van der Waals surface area contributed by atoms with Crippen LogP contribution in [0.2, 0.25) is 0 Å². The van der Waals surface area contributed by atoms with Crippen LogP contribution < -0.4 is 11.5 Å². The van der Waals surface area contributed by atoms with Crippen molar-refractivity contribution in [3.8, 4) is 6.07 Å². The highest BCUT2D eigenvalue weighted by Gasteiger charge is 2.33. The zero-order chi connectivity index (χ0) is 17.8. The van der Waals surface area contributed by atoms with Crippen LogP contribution in [0.25, 0.3) is 0 Å². The van der Waals surface area contributed by atoms with E-state index in [2.05, 4.69) is 16.4 Å². The minimum Gasteiger partial charge on any atom is -0.481 e. The molecule has 0 unspecified atom stereocenters. The first-order valence-corrected chi connectivity index (χ1v) is 6.60. The number of carboxylic acid groups (broad SMARTS) is 1. The molecule has 0 fully saturated rings. The molecule has 0 atom stereocenters. The first-order chi connectivity index (χ1) is 10.5. The number of nitriles is 1. The highest BCUT2D eigenvalue weighted by molar-refractivity contribution is 5.79. The summed E-state index contributed by atoms with van der Waals surface area (Å²) in [4.78, 5) is 10.7. The first kappa shape index (κ1) is 18.0. The molecule has 2 aromatic heterocycles. The van der Waals surface area contributed by atoms with Gasteiger partial charge in [0.2, 0.25) is 0 Å². The van der Waals surface area contributed by atoms with Gasteiger partial charge in [0.15, 0.2) is 23.2 Å². The molecule has 0 aliphatic heterocycles. The summed E-state index contributed by atoms with van der Waals surface area (Å²) < 4.78 is 9.56. The number of nitrogens with zero attached hydrogens (tertiary/aromatic N) is 3. The lowest BCUT2D eigenvalue weighted by molar-refractivity contribution is -0.143. The average Bonchev–Trinajstić information content (AvgIpc) is 3.08. The van der Waals surface area contributed by atoms with Crippen LogP contribution in [0, 0.1) is 11.3 Å². The molecular weight excluding hydrogens is 302 g/mol. The quantitative estimate of drug-likeness (QED) is 0.762. The molecule has 5 N–H and O–H groups in total. The van der Waals surface area contributed by atoms with E-state index in [0.717, 1.165) is 0 Å². The maximum atomic E-state index is 10.7. The Morgan fingerprint density at radius 3 is 1.87 bits per heavy atom. The largest absolute Gasteiger partial charge is 0.481 e. The number of rotatable bonds is 3. The van der Waals surface area contributed by atoms with Crippen molar-refractivity contribution in [1.82, 2.24) is 10.3 Å². The van der Waals surface area contributed by atoms with Crippen LogP contribution in [0.5, 0.6) is 0 Å². The van der Waals surface area contributed by atoms with Gasteiger partial charge in [0.1, 0.15) is 10.8 Å². The maximum Gasteiger partial charge on any atom is 0.316 e. The van der Waals surface area contributed by atoms with Gasteiger partial charge in [0.25, 0.3) is 0 Å². The topological polar surface area (TPSA) is 165 Å². The van der Waals surface area contributed by atoms with Crippen molar-refractivity contribution in [2.75, 3.05) is 11.5 Å². The number of aromatic nitrogens is 2. The number of hydrogen-bond acceptors (Lipinski definition) is 8. The standard InChI is InChI=1S/C7H9N3O.C7H10N2O3/c1-7(2,4-8)5-3-6(9)10-11-5;1-7(2,6(10)11)4-3-5(8)9-12-4/h3H,1-2H3,(H2,9,10);3H,1-2H3,(H2,8,9)(H,10,11). The number of carboxylic acids is 1. The van der Waals surface area contributed by atoms with Crippen LogP contribution >= 0.6 is 0 Å². The highest BCUT2D eigenvalue weighted by Crippen LogP contribution is 2.24. The third kappa shape index (κ3) is 4.23. The first-order valence-electron chi connectivity index (χ1n) is 6.60. The van der Waals surface area contributed by atoms with Crippen molar-refractivity contribution >= 4 is 17.6 Å². The lowest BCUT2D eigenvalue weighted by atomic mass is 9.91. The summed E-state index contributed by atoms with van der Waals surface area (Å²) in [7, 11) is 0. The smallest absolute Gasteiger partial charge is 0.316 e. The fourth-order valence-corrected chi connectivity index (χ4v) is 1.33. The number of anilines is 2. The molecular formula is C14H19N5O4. The van der Waals surface area contributed by atoms with E-state index in [1.807, 2.05) is 0 Å². The van der Waals surface area contributed by atoms with Crippen LogP contribution in [0.3, 0.4) is 0 Å². The summed E-state index contributed by atoms with van der Waals surface area (Å²) in [6.45, 7) is 6.53. The molecule has 23 heavy (non-hydrogen) atoms. The monoisotopic (exact) mass is 321 g/mol. The van der Waals surface area contributed by atoms with Crippen LogP contribution in [-0.2, 0) is 15.6 Å². The molecule has 9 heteroatoms. The third-order valence-corrected chi connectivity index (χ3v) is 3.10. The molecule has 0 saturated heterocycles. The van der Waals surface area contributed by atoms with Gasteiger partial charge < -0.3 is 25.6 Å². The van der Waals surface area contributed by atoms with Crippen LogP contribution in [-0.4, -0.2) is 21.4 Å². The normalized spacial score (nSPS) is 11.3. The Labute approximate surface area is 132 Å². The van der Waals surface area contributed by atoms with Crippen LogP contribution in [0.1, 0.15) is 39.2 Å². The van der Waals surface area contributed by atoms with Gasteiger partial charge >= 0.3 is 5.97 Å². The van der Waals surface area contributed by atoms with E-state index in [9.17, 15) is 4.79 Å². The molecule has 0 spiro atoms. The Morgan fingerprint density at radius 2 is 1.57 bits per heavy atom. The molecule has 124 valence electrons. The summed E-state index contributed by atoms with van der Waals surface area (Å²) in [6, 6.07) is 5.05. The fourth-order valence-electron chi connectivity index (χ4n) is 1.33. The molecule has 0 radical (unpaired) electrons. The van der Waals surface area contributed by atoms with Gasteiger partial charge in [-0.25, -0.2) is 0 Å². The number of nitrogen functional groups attached to an aromatic ring is 2. The second-order valence-electron chi connectivity index (χ2n) is 5.90. The SMILES string of the molecule is CC(C)(C#N)c1cc(N)no1.CC(C)(C(=O)O)c1cc(N)no1.